The molecule has 0 radical (unpaired) electrons. The van der Waals surface area contributed by atoms with Crippen molar-refractivity contribution in [1.29, 1.82) is 0 Å². The second kappa shape index (κ2) is 6.83. The van der Waals surface area contributed by atoms with Crippen LogP contribution in [0.15, 0.2) is 12.1 Å². The lowest BCUT2D eigenvalue weighted by Crippen LogP contribution is -2.34. The van der Waals surface area contributed by atoms with Crippen molar-refractivity contribution in [3.8, 4) is 11.5 Å². The summed E-state index contributed by atoms with van der Waals surface area (Å²) in [6.45, 7) is 5.56. The minimum atomic E-state index is 0.0781. The van der Waals surface area contributed by atoms with Gasteiger partial charge in [0.1, 0.15) is 0 Å². The molecule has 1 amide bonds. The molecule has 1 atom stereocenters. The molecular weight excluding hydrogens is 266 g/mol. The Hall–Kier alpha value is -1.71. The van der Waals surface area contributed by atoms with Gasteiger partial charge in [0, 0.05) is 19.0 Å². The summed E-state index contributed by atoms with van der Waals surface area (Å²) in [6, 6.07) is 4.04. The van der Waals surface area contributed by atoms with Crippen LogP contribution >= 0.6 is 0 Å². The van der Waals surface area contributed by atoms with E-state index in [0.717, 1.165) is 37.3 Å². The maximum atomic E-state index is 12.6. The Morgan fingerprint density at radius 3 is 2.29 bits per heavy atom. The first-order chi connectivity index (χ1) is 10.1. The molecule has 4 nitrogen and oxygen atoms in total. The van der Waals surface area contributed by atoms with Crippen LogP contribution < -0.4 is 9.47 Å². The number of carbonyl (C=O) groups is 1. The first-order valence-electron chi connectivity index (χ1n) is 7.67. The third-order valence-electron chi connectivity index (χ3n) is 4.21. The average Bonchev–Trinajstić information content (AvgIpc) is 2.63. The maximum Gasteiger partial charge on any atom is 0.226 e. The first-order valence-corrected chi connectivity index (χ1v) is 7.67. The lowest BCUT2D eigenvalue weighted by atomic mass is 9.93. The molecular formula is C17H25NO3. The number of ether oxygens (including phenoxy) is 2. The molecule has 0 spiro atoms. The Balaban J connectivity index is 2.44. The van der Waals surface area contributed by atoms with Gasteiger partial charge in [0.05, 0.1) is 14.2 Å². The standard InChI is InChI=1S/C17H25NO3/c1-5-7-12-8-13-9-15(20-3)16(21-4)10-14(13)11-18(6-2)17(12)19/h9-10,12H,5-8,11H2,1-4H3. The minimum Gasteiger partial charge on any atom is -0.493 e. The number of methoxy groups -OCH3 is 2. The second-order valence-electron chi connectivity index (χ2n) is 5.52. The molecule has 0 aromatic heterocycles. The SMILES string of the molecule is CCCC1Cc2cc(OC)c(OC)cc2CN(CC)C1=O. The minimum absolute atomic E-state index is 0.0781. The monoisotopic (exact) mass is 291 g/mol. The number of benzene rings is 1. The van der Waals surface area contributed by atoms with Crippen molar-refractivity contribution in [3.63, 3.8) is 0 Å². The molecule has 21 heavy (non-hydrogen) atoms. The molecule has 1 aromatic carbocycles. The molecule has 0 bridgehead atoms. The topological polar surface area (TPSA) is 38.8 Å². The molecule has 1 aliphatic rings. The van der Waals surface area contributed by atoms with E-state index in [2.05, 4.69) is 6.92 Å². The van der Waals surface area contributed by atoms with E-state index < -0.39 is 0 Å². The van der Waals surface area contributed by atoms with E-state index >= 15 is 0 Å². The highest BCUT2D eigenvalue weighted by Gasteiger charge is 2.29. The predicted octanol–water partition coefficient (Wildman–Crippen LogP) is 3.02. The van der Waals surface area contributed by atoms with Crippen molar-refractivity contribution in [2.75, 3.05) is 20.8 Å². The van der Waals surface area contributed by atoms with Gasteiger partial charge in [0.25, 0.3) is 0 Å². The van der Waals surface area contributed by atoms with Crippen LogP contribution in [-0.2, 0) is 17.8 Å². The van der Waals surface area contributed by atoms with Crippen molar-refractivity contribution < 1.29 is 14.3 Å². The number of rotatable bonds is 5. The number of hydrogen-bond donors (Lipinski definition) is 0. The summed E-state index contributed by atoms with van der Waals surface area (Å²) >= 11 is 0. The predicted molar refractivity (Wildman–Crippen MR) is 82.7 cm³/mol. The summed E-state index contributed by atoms with van der Waals surface area (Å²) in [7, 11) is 3.29. The van der Waals surface area contributed by atoms with Crippen molar-refractivity contribution in [1.82, 2.24) is 4.90 Å². The Morgan fingerprint density at radius 1 is 1.14 bits per heavy atom. The van der Waals surface area contributed by atoms with E-state index in [9.17, 15) is 4.79 Å². The van der Waals surface area contributed by atoms with Crippen LogP contribution in [0.25, 0.3) is 0 Å². The fourth-order valence-electron chi connectivity index (χ4n) is 3.04. The fraction of sp³-hybridized carbons (Fsp3) is 0.588. The summed E-state index contributed by atoms with van der Waals surface area (Å²) in [5.74, 6) is 1.82. The molecule has 0 N–H and O–H groups in total. The molecule has 0 aliphatic carbocycles. The fourth-order valence-corrected chi connectivity index (χ4v) is 3.04. The zero-order valence-corrected chi connectivity index (χ0v) is 13.4. The van der Waals surface area contributed by atoms with Gasteiger partial charge in [-0.05, 0) is 43.0 Å². The van der Waals surface area contributed by atoms with Gasteiger partial charge in [-0.15, -0.1) is 0 Å². The lowest BCUT2D eigenvalue weighted by molar-refractivity contribution is -0.135. The van der Waals surface area contributed by atoms with Crippen LogP contribution in [0.3, 0.4) is 0 Å². The summed E-state index contributed by atoms with van der Waals surface area (Å²) in [5, 5.41) is 0. The van der Waals surface area contributed by atoms with Crippen molar-refractivity contribution >= 4 is 5.91 Å². The van der Waals surface area contributed by atoms with E-state index in [0.29, 0.717) is 6.54 Å². The van der Waals surface area contributed by atoms with Crippen LogP contribution in [0, 0.1) is 5.92 Å². The molecule has 2 rings (SSSR count). The first kappa shape index (κ1) is 15.7. The van der Waals surface area contributed by atoms with Gasteiger partial charge < -0.3 is 14.4 Å². The van der Waals surface area contributed by atoms with Gasteiger partial charge in [-0.3, -0.25) is 4.79 Å². The molecule has 4 heteroatoms. The third-order valence-corrected chi connectivity index (χ3v) is 4.21. The highest BCUT2D eigenvalue weighted by molar-refractivity contribution is 5.80. The molecule has 1 unspecified atom stereocenters. The van der Waals surface area contributed by atoms with E-state index in [4.69, 9.17) is 9.47 Å². The Morgan fingerprint density at radius 2 is 1.76 bits per heavy atom. The molecule has 0 saturated carbocycles. The Bertz CT molecular complexity index is 513. The second-order valence-corrected chi connectivity index (χ2v) is 5.52. The number of fused-ring (bicyclic) bond motifs is 1. The largest absolute Gasteiger partial charge is 0.493 e. The summed E-state index contributed by atoms with van der Waals surface area (Å²) in [6.07, 6.45) is 2.75. The number of amides is 1. The molecule has 1 aliphatic heterocycles. The lowest BCUT2D eigenvalue weighted by Gasteiger charge is -2.22. The van der Waals surface area contributed by atoms with Gasteiger partial charge in [0.2, 0.25) is 5.91 Å². The molecule has 1 heterocycles. The molecule has 116 valence electrons. The summed E-state index contributed by atoms with van der Waals surface area (Å²) < 4.78 is 10.8. The van der Waals surface area contributed by atoms with Gasteiger partial charge >= 0.3 is 0 Å². The summed E-state index contributed by atoms with van der Waals surface area (Å²) in [4.78, 5) is 14.5. The van der Waals surface area contributed by atoms with Crippen molar-refractivity contribution in [2.45, 2.75) is 39.7 Å². The number of hydrogen-bond acceptors (Lipinski definition) is 3. The van der Waals surface area contributed by atoms with E-state index in [1.165, 1.54) is 11.1 Å². The van der Waals surface area contributed by atoms with Crippen LogP contribution in [0.2, 0.25) is 0 Å². The van der Waals surface area contributed by atoms with Gasteiger partial charge in [-0.25, -0.2) is 0 Å². The zero-order valence-electron chi connectivity index (χ0n) is 13.4. The third kappa shape index (κ3) is 3.14. The van der Waals surface area contributed by atoms with Crippen LogP contribution in [0.5, 0.6) is 11.5 Å². The molecule has 0 fully saturated rings. The van der Waals surface area contributed by atoms with Gasteiger partial charge in [0.15, 0.2) is 11.5 Å². The van der Waals surface area contributed by atoms with Crippen molar-refractivity contribution in [3.05, 3.63) is 23.3 Å². The van der Waals surface area contributed by atoms with Crippen molar-refractivity contribution in [2.24, 2.45) is 5.92 Å². The highest BCUT2D eigenvalue weighted by atomic mass is 16.5. The number of nitrogens with zero attached hydrogens (tertiary/aromatic N) is 1. The van der Waals surface area contributed by atoms with Crippen LogP contribution in [0.4, 0.5) is 0 Å². The molecule has 0 saturated heterocycles. The van der Waals surface area contributed by atoms with Gasteiger partial charge in [-0.1, -0.05) is 13.3 Å². The quantitative estimate of drug-likeness (QED) is 0.837. The van der Waals surface area contributed by atoms with E-state index in [-0.39, 0.29) is 11.8 Å². The number of carbonyl (C=O) groups excluding carboxylic acids is 1. The smallest absolute Gasteiger partial charge is 0.226 e. The normalized spacial score (nSPS) is 18.2. The summed E-state index contributed by atoms with van der Waals surface area (Å²) in [5.41, 5.74) is 2.37. The average molecular weight is 291 g/mol. The Kier molecular flexibility index (Phi) is 5.10. The highest BCUT2D eigenvalue weighted by Crippen LogP contribution is 2.35. The Labute approximate surface area is 127 Å². The van der Waals surface area contributed by atoms with Crippen LogP contribution in [0.1, 0.15) is 37.8 Å². The maximum absolute atomic E-state index is 12.6. The zero-order chi connectivity index (χ0) is 15.4. The van der Waals surface area contributed by atoms with Crippen LogP contribution in [-0.4, -0.2) is 31.6 Å². The van der Waals surface area contributed by atoms with E-state index in [1.54, 1.807) is 14.2 Å². The van der Waals surface area contributed by atoms with E-state index in [1.807, 2.05) is 24.0 Å². The molecule has 1 aromatic rings. The van der Waals surface area contributed by atoms with Gasteiger partial charge in [-0.2, -0.15) is 0 Å².